The fourth-order valence-corrected chi connectivity index (χ4v) is 4.72. The number of fused-ring (bicyclic) bond motifs is 1. The van der Waals surface area contributed by atoms with Crippen LogP contribution in [0.5, 0.6) is 0 Å². The van der Waals surface area contributed by atoms with E-state index in [1.807, 2.05) is 0 Å². The molecule has 4 nitrogen and oxygen atoms in total. The smallest absolute Gasteiger partial charge is 0.133 e. The normalized spacial score (nSPS) is 13.5. The lowest BCUT2D eigenvalue weighted by Gasteiger charge is -2.26. The summed E-state index contributed by atoms with van der Waals surface area (Å²) in [5, 5.41) is 1.08. The second kappa shape index (κ2) is 10.1. The van der Waals surface area contributed by atoms with Crippen LogP contribution < -0.4 is 5.73 Å². The highest BCUT2D eigenvalue weighted by molar-refractivity contribution is 5.89. The van der Waals surface area contributed by atoms with Gasteiger partial charge in [0, 0.05) is 48.5 Å². The molecule has 1 aliphatic heterocycles. The molecule has 0 spiro atoms. The molecule has 1 aromatic heterocycles. The summed E-state index contributed by atoms with van der Waals surface area (Å²) < 4.78 is 0. The SMILES string of the molecule is C=C(c1ccc(-c2ccc3nc(N)c(C(=C)N(CCC)CCC)cc3c2)cc1)N1CCCC1. The molecule has 1 aliphatic rings. The molecule has 0 bridgehead atoms. The first-order valence-electron chi connectivity index (χ1n) is 12.2. The van der Waals surface area contributed by atoms with Crippen molar-refractivity contribution in [1.29, 1.82) is 0 Å². The molecular formula is C29H36N4. The molecule has 4 rings (SSSR count). The van der Waals surface area contributed by atoms with Gasteiger partial charge >= 0.3 is 0 Å². The van der Waals surface area contributed by atoms with Gasteiger partial charge in [0.1, 0.15) is 5.82 Å². The van der Waals surface area contributed by atoms with Crippen molar-refractivity contribution < 1.29 is 0 Å². The molecule has 0 radical (unpaired) electrons. The third-order valence-electron chi connectivity index (χ3n) is 6.56. The first-order chi connectivity index (χ1) is 16.0. The highest BCUT2D eigenvalue weighted by Gasteiger charge is 2.16. The van der Waals surface area contributed by atoms with Crippen LogP contribution in [-0.2, 0) is 0 Å². The number of nitrogens with two attached hydrogens (primary N) is 1. The Labute approximate surface area is 198 Å². The van der Waals surface area contributed by atoms with Gasteiger partial charge in [0.05, 0.1) is 5.52 Å². The van der Waals surface area contributed by atoms with Crippen molar-refractivity contribution in [3.05, 3.63) is 72.8 Å². The van der Waals surface area contributed by atoms with E-state index in [4.69, 9.17) is 5.73 Å². The minimum atomic E-state index is 0.544. The molecule has 0 unspecified atom stereocenters. The summed E-state index contributed by atoms with van der Waals surface area (Å²) in [6, 6.07) is 17.3. The van der Waals surface area contributed by atoms with Gasteiger partial charge in [-0.15, -0.1) is 0 Å². The van der Waals surface area contributed by atoms with Gasteiger partial charge in [-0.3, -0.25) is 0 Å². The molecule has 0 atom stereocenters. The Balaban J connectivity index is 1.62. The number of aromatic nitrogens is 1. The van der Waals surface area contributed by atoms with E-state index in [0.717, 1.165) is 66.9 Å². The van der Waals surface area contributed by atoms with E-state index in [1.165, 1.54) is 29.5 Å². The predicted octanol–water partition coefficient (Wildman–Crippen LogP) is 6.64. The predicted molar refractivity (Wildman–Crippen MR) is 143 cm³/mol. The van der Waals surface area contributed by atoms with Gasteiger partial charge in [0.2, 0.25) is 0 Å². The van der Waals surface area contributed by atoms with Crippen molar-refractivity contribution in [2.75, 3.05) is 31.9 Å². The fraction of sp³-hybridized carbons (Fsp3) is 0.345. The van der Waals surface area contributed by atoms with Crippen LogP contribution in [0.3, 0.4) is 0 Å². The molecule has 4 heteroatoms. The summed E-state index contributed by atoms with van der Waals surface area (Å²) in [4.78, 5) is 9.39. The van der Waals surface area contributed by atoms with Gasteiger partial charge in [0.15, 0.2) is 0 Å². The average Bonchev–Trinajstić information content (AvgIpc) is 3.37. The van der Waals surface area contributed by atoms with Crippen molar-refractivity contribution in [1.82, 2.24) is 14.8 Å². The number of benzene rings is 2. The third kappa shape index (κ3) is 4.90. The summed E-state index contributed by atoms with van der Waals surface area (Å²) in [6.07, 6.45) is 4.67. The standard InChI is InChI=1S/C29H36N4/c1-5-15-32(16-6-2)22(4)27-20-26-19-25(13-14-28(26)31-29(27)30)24-11-9-23(10-12-24)21(3)33-17-7-8-18-33/h9-14,19-20H,3-8,15-18H2,1-2H3,(H2,30,31). The van der Waals surface area contributed by atoms with Crippen LogP contribution in [0.2, 0.25) is 0 Å². The Kier molecular flexibility index (Phi) is 7.02. The molecule has 33 heavy (non-hydrogen) atoms. The van der Waals surface area contributed by atoms with E-state index in [1.54, 1.807) is 0 Å². The number of anilines is 1. The Morgan fingerprint density at radius 2 is 1.58 bits per heavy atom. The molecule has 2 heterocycles. The number of rotatable bonds is 9. The number of pyridine rings is 1. The van der Waals surface area contributed by atoms with Crippen LogP contribution in [0.4, 0.5) is 5.82 Å². The number of nitrogen functional groups attached to an aromatic ring is 1. The minimum absolute atomic E-state index is 0.544. The van der Waals surface area contributed by atoms with E-state index in [2.05, 4.69) is 90.3 Å². The molecule has 1 fully saturated rings. The Morgan fingerprint density at radius 3 is 2.21 bits per heavy atom. The average molecular weight is 441 g/mol. The van der Waals surface area contributed by atoms with Crippen molar-refractivity contribution in [3.63, 3.8) is 0 Å². The lowest BCUT2D eigenvalue weighted by molar-refractivity contribution is 0.397. The molecule has 3 aromatic rings. The van der Waals surface area contributed by atoms with Crippen LogP contribution in [0.15, 0.2) is 61.7 Å². The maximum absolute atomic E-state index is 6.35. The van der Waals surface area contributed by atoms with E-state index in [9.17, 15) is 0 Å². The monoisotopic (exact) mass is 440 g/mol. The molecule has 2 aromatic carbocycles. The van der Waals surface area contributed by atoms with Crippen molar-refractivity contribution >= 4 is 28.1 Å². The maximum atomic E-state index is 6.35. The van der Waals surface area contributed by atoms with Crippen LogP contribution in [0.25, 0.3) is 33.4 Å². The van der Waals surface area contributed by atoms with Crippen molar-refractivity contribution in [2.45, 2.75) is 39.5 Å². The molecule has 0 aliphatic carbocycles. The van der Waals surface area contributed by atoms with Gasteiger partial charge in [-0.2, -0.15) is 0 Å². The van der Waals surface area contributed by atoms with Crippen LogP contribution >= 0.6 is 0 Å². The zero-order chi connectivity index (χ0) is 23.4. The van der Waals surface area contributed by atoms with Gasteiger partial charge in [-0.1, -0.05) is 57.3 Å². The molecule has 172 valence electrons. The lowest BCUT2D eigenvalue weighted by Crippen LogP contribution is -2.24. The second-order valence-electron chi connectivity index (χ2n) is 8.98. The van der Waals surface area contributed by atoms with Crippen molar-refractivity contribution in [2.24, 2.45) is 0 Å². The highest BCUT2D eigenvalue weighted by atomic mass is 15.1. The van der Waals surface area contributed by atoms with Gasteiger partial charge < -0.3 is 15.5 Å². The summed E-state index contributed by atoms with van der Waals surface area (Å²) in [5.74, 6) is 0.544. The highest BCUT2D eigenvalue weighted by Crippen LogP contribution is 2.31. The molecule has 0 amide bonds. The second-order valence-corrected chi connectivity index (χ2v) is 8.98. The van der Waals surface area contributed by atoms with Crippen LogP contribution in [-0.4, -0.2) is 41.0 Å². The van der Waals surface area contributed by atoms with Crippen LogP contribution in [0, 0.1) is 0 Å². The minimum Gasteiger partial charge on any atom is -0.383 e. The lowest BCUT2D eigenvalue weighted by atomic mass is 10.00. The zero-order valence-electron chi connectivity index (χ0n) is 20.1. The summed E-state index contributed by atoms with van der Waals surface area (Å²) in [6.45, 7) is 17.2. The van der Waals surface area contributed by atoms with Gasteiger partial charge in [0.25, 0.3) is 0 Å². The number of nitrogens with zero attached hydrogens (tertiary/aromatic N) is 3. The Bertz CT molecular complexity index is 1130. The van der Waals surface area contributed by atoms with E-state index >= 15 is 0 Å². The molecule has 2 N–H and O–H groups in total. The molecule has 1 saturated heterocycles. The maximum Gasteiger partial charge on any atom is 0.133 e. The fourth-order valence-electron chi connectivity index (χ4n) is 4.72. The molecule has 0 saturated carbocycles. The zero-order valence-corrected chi connectivity index (χ0v) is 20.1. The summed E-state index contributed by atoms with van der Waals surface area (Å²) in [7, 11) is 0. The number of likely N-dealkylation sites (tertiary alicyclic amines) is 1. The van der Waals surface area contributed by atoms with E-state index in [-0.39, 0.29) is 0 Å². The van der Waals surface area contributed by atoms with Gasteiger partial charge in [-0.25, -0.2) is 4.98 Å². The number of hydrogen-bond donors (Lipinski definition) is 1. The Morgan fingerprint density at radius 1 is 0.939 bits per heavy atom. The van der Waals surface area contributed by atoms with E-state index in [0.29, 0.717) is 5.82 Å². The molecular weight excluding hydrogens is 404 g/mol. The van der Waals surface area contributed by atoms with Gasteiger partial charge in [-0.05, 0) is 60.6 Å². The van der Waals surface area contributed by atoms with Crippen molar-refractivity contribution in [3.8, 4) is 11.1 Å². The third-order valence-corrected chi connectivity index (χ3v) is 6.56. The van der Waals surface area contributed by atoms with E-state index < -0.39 is 0 Å². The number of hydrogen-bond acceptors (Lipinski definition) is 4. The topological polar surface area (TPSA) is 45.4 Å². The largest absolute Gasteiger partial charge is 0.383 e. The van der Waals surface area contributed by atoms with Crippen LogP contribution in [0.1, 0.15) is 50.7 Å². The Hall–Kier alpha value is -3.27. The quantitative estimate of drug-likeness (QED) is 0.405. The first kappa shape index (κ1) is 22.9. The summed E-state index contributed by atoms with van der Waals surface area (Å²) >= 11 is 0. The first-order valence-corrected chi connectivity index (χ1v) is 12.2. The summed E-state index contributed by atoms with van der Waals surface area (Å²) in [5.41, 5.74) is 13.8.